The Bertz CT molecular complexity index is 708. The molecule has 1 N–H and O–H groups in total. The molecule has 3 nitrogen and oxygen atoms in total. The van der Waals surface area contributed by atoms with Crippen LogP contribution in [0.5, 0.6) is 0 Å². The Morgan fingerprint density at radius 3 is 2.10 bits per heavy atom. The van der Waals surface area contributed by atoms with Gasteiger partial charge < -0.3 is 9.67 Å². The minimum absolute atomic E-state index is 0.186. The van der Waals surface area contributed by atoms with Crippen molar-refractivity contribution >= 4 is 16.9 Å². The topological polar surface area (TPSA) is 42.2 Å². The largest absolute Gasteiger partial charge is 0.481 e. The van der Waals surface area contributed by atoms with Crippen LogP contribution in [0.15, 0.2) is 0 Å². The molecule has 0 atom stereocenters. The molecule has 0 saturated heterocycles. The lowest BCUT2D eigenvalue weighted by atomic mass is 9.92. The molecular weight excluding hydrogens is 250 g/mol. The van der Waals surface area contributed by atoms with E-state index in [1.165, 1.54) is 44.4 Å². The summed E-state index contributed by atoms with van der Waals surface area (Å²) in [5.74, 6) is -0.736. The summed E-state index contributed by atoms with van der Waals surface area (Å²) in [7, 11) is 2.07. The molecule has 2 rings (SSSR count). The van der Waals surface area contributed by atoms with Crippen molar-refractivity contribution in [1.82, 2.24) is 4.57 Å². The molecule has 0 saturated carbocycles. The van der Waals surface area contributed by atoms with Gasteiger partial charge >= 0.3 is 5.97 Å². The summed E-state index contributed by atoms with van der Waals surface area (Å²) in [5.41, 5.74) is 8.86. The lowest BCUT2D eigenvalue weighted by molar-refractivity contribution is -0.136. The number of aliphatic carboxylic acids is 1. The highest BCUT2D eigenvalue weighted by atomic mass is 16.4. The van der Waals surface area contributed by atoms with Crippen LogP contribution in [-0.4, -0.2) is 15.6 Å². The second kappa shape index (κ2) is 4.97. The van der Waals surface area contributed by atoms with E-state index in [0.717, 1.165) is 0 Å². The number of nitrogens with zero attached hydrogens (tertiary/aromatic N) is 1. The zero-order valence-corrected chi connectivity index (χ0v) is 13.2. The van der Waals surface area contributed by atoms with E-state index < -0.39 is 5.97 Å². The number of hydrogen-bond donors (Lipinski definition) is 1. The summed E-state index contributed by atoms with van der Waals surface area (Å²) in [4.78, 5) is 10.9. The number of hydrogen-bond acceptors (Lipinski definition) is 1. The first-order valence-electron chi connectivity index (χ1n) is 7.03. The number of carboxylic acid groups (broad SMARTS) is 1. The maximum absolute atomic E-state index is 10.9. The summed E-state index contributed by atoms with van der Waals surface area (Å²) in [6.45, 7) is 10.7. The monoisotopic (exact) mass is 273 g/mol. The highest BCUT2D eigenvalue weighted by Gasteiger charge is 2.19. The van der Waals surface area contributed by atoms with Crippen LogP contribution in [0.3, 0.4) is 0 Å². The van der Waals surface area contributed by atoms with E-state index in [1.807, 2.05) is 0 Å². The smallest absolute Gasteiger partial charge is 0.303 e. The van der Waals surface area contributed by atoms with Gasteiger partial charge in [-0.25, -0.2) is 0 Å². The van der Waals surface area contributed by atoms with Gasteiger partial charge in [-0.3, -0.25) is 4.79 Å². The Morgan fingerprint density at radius 2 is 1.55 bits per heavy atom. The van der Waals surface area contributed by atoms with Crippen LogP contribution in [0.4, 0.5) is 0 Å². The van der Waals surface area contributed by atoms with Crippen molar-refractivity contribution in [3.8, 4) is 0 Å². The number of aryl methyl sites for hydroxylation is 4. The predicted octanol–water partition coefficient (Wildman–Crippen LogP) is 3.74. The molecule has 0 aliphatic heterocycles. The molecule has 2 aromatic rings. The van der Waals surface area contributed by atoms with Crippen LogP contribution in [-0.2, 0) is 18.3 Å². The van der Waals surface area contributed by atoms with Crippen molar-refractivity contribution in [2.24, 2.45) is 7.05 Å². The molecule has 1 aromatic heterocycles. The van der Waals surface area contributed by atoms with Gasteiger partial charge in [0.05, 0.1) is 5.52 Å². The first-order chi connectivity index (χ1) is 9.27. The van der Waals surface area contributed by atoms with E-state index >= 15 is 0 Å². The van der Waals surface area contributed by atoms with Crippen molar-refractivity contribution in [3.63, 3.8) is 0 Å². The van der Waals surface area contributed by atoms with Crippen molar-refractivity contribution in [1.29, 1.82) is 0 Å². The second-order valence-electron chi connectivity index (χ2n) is 5.74. The molecular formula is C17H23NO2. The third-order valence-corrected chi connectivity index (χ3v) is 4.82. The molecule has 3 heteroatoms. The number of carbonyl (C=O) groups is 1. The van der Waals surface area contributed by atoms with Gasteiger partial charge in [0.1, 0.15) is 0 Å². The van der Waals surface area contributed by atoms with Gasteiger partial charge in [-0.15, -0.1) is 0 Å². The molecule has 0 unspecified atom stereocenters. The molecule has 20 heavy (non-hydrogen) atoms. The minimum atomic E-state index is -0.736. The zero-order chi connectivity index (χ0) is 15.2. The van der Waals surface area contributed by atoms with E-state index in [2.05, 4.69) is 46.2 Å². The summed E-state index contributed by atoms with van der Waals surface area (Å²) < 4.78 is 2.21. The molecule has 1 heterocycles. The van der Waals surface area contributed by atoms with E-state index in [-0.39, 0.29) is 6.42 Å². The SMILES string of the molecule is Cc1c(C)c(C)c2c(c1C)c(CCC(=O)O)c(C)n2C. The first kappa shape index (κ1) is 14.6. The van der Waals surface area contributed by atoms with Gasteiger partial charge in [-0.2, -0.15) is 0 Å². The molecule has 0 bridgehead atoms. The van der Waals surface area contributed by atoms with E-state index in [9.17, 15) is 4.79 Å². The fourth-order valence-corrected chi connectivity index (χ4v) is 3.17. The van der Waals surface area contributed by atoms with Crippen molar-refractivity contribution < 1.29 is 9.90 Å². The molecule has 0 aliphatic rings. The Balaban J connectivity index is 2.82. The van der Waals surface area contributed by atoms with Crippen LogP contribution in [0.2, 0.25) is 0 Å². The molecule has 108 valence electrons. The molecule has 0 amide bonds. The summed E-state index contributed by atoms with van der Waals surface area (Å²) in [6.07, 6.45) is 0.784. The number of carboxylic acids is 1. The third kappa shape index (κ3) is 2.01. The maximum Gasteiger partial charge on any atom is 0.303 e. The van der Waals surface area contributed by atoms with Crippen molar-refractivity contribution in [3.05, 3.63) is 33.5 Å². The normalized spacial score (nSPS) is 11.3. The van der Waals surface area contributed by atoms with Crippen LogP contribution >= 0.6 is 0 Å². The van der Waals surface area contributed by atoms with Crippen molar-refractivity contribution in [2.75, 3.05) is 0 Å². The van der Waals surface area contributed by atoms with Gasteiger partial charge in [-0.05, 0) is 68.9 Å². The molecule has 0 fully saturated rings. The summed E-state index contributed by atoms with van der Waals surface area (Å²) in [5, 5.41) is 10.2. The maximum atomic E-state index is 10.9. The predicted molar refractivity (Wildman–Crippen MR) is 82.6 cm³/mol. The van der Waals surface area contributed by atoms with Gasteiger partial charge in [-0.1, -0.05) is 0 Å². The van der Waals surface area contributed by atoms with Gasteiger partial charge in [0.15, 0.2) is 0 Å². The standard InChI is InChI=1S/C17H23NO2/c1-9-10(2)12(4)17-16(11(9)3)14(7-8-15(19)20)13(5)18(17)6/h7-8H2,1-6H3,(H,19,20). The summed E-state index contributed by atoms with van der Waals surface area (Å²) >= 11 is 0. The van der Waals surface area contributed by atoms with E-state index in [4.69, 9.17) is 5.11 Å². The Hall–Kier alpha value is -1.77. The lowest BCUT2D eigenvalue weighted by Crippen LogP contribution is -1.99. The van der Waals surface area contributed by atoms with Gasteiger partial charge in [0.2, 0.25) is 0 Å². The summed E-state index contributed by atoms with van der Waals surface area (Å²) in [6, 6.07) is 0. The van der Waals surface area contributed by atoms with E-state index in [0.29, 0.717) is 6.42 Å². The fraction of sp³-hybridized carbons (Fsp3) is 0.471. The Kier molecular flexibility index (Phi) is 3.63. The second-order valence-corrected chi connectivity index (χ2v) is 5.74. The molecule has 0 spiro atoms. The zero-order valence-electron chi connectivity index (χ0n) is 13.2. The quantitative estimate of drug-likeness (QED) is 0.925. The Morgan fingerprint density at radius 1 is 1.00 bits per heavy atom. The van der Waals surface area contributed by atoms with Crippen LogP contribution < -0.4 is 0 Å². The third-order valence-electron chi connectivity index (χ3n) is 4.82. The number of rotatable bonds is 3. The van der Waals surface area contributed by atoms with Crippen molar-refractivity contribution in [2.45, 2.75) is 47.5 Å². The lowest BCUT2D eigenvalue weighted by Gasteiger charge is -2.13. The minimum Gasteiger partial charge on any atom is -0.481 e. The highest BCUT2D eigenvalue weighted by Crippen LogP contribution is 2.35. The highest BCUT2D eigenvalue weighted by molar-refractivity contribution is 5.93. The van der Waals surface area contributed by atoms with Crippen LogP contribution in [0.1, 0.15) is 39.9 Å². The molecule has 0 aliphatic carbocycles. The van der Waals surface area contributed by atoms with Crippen LogP contribution in [0.25, 0.3) is 10.9 Å². The van der Waals surface area contributed by atoms with Gasteiger partial charge in [0.25, 0.3) is 0 Å². The molecule has 1 aromatic carbocycles. The average molecular weight is 273 g/mol. The van der Waals surface area contributed by atoms with E-state index in [1.54, 1.807) is 0 Å². The number of benzene rings is 1. The number of aromatic nitrogens is 1. The fourth-order valence-electron chi connectivity index (χ4n) is 3.17. The first-order valence-corrected chi connectivity index (χ1v) is 7.03. The number of fused-ring (bicyclic) bond motifs is 1. The van der Waals surface area contributed by atoms with Crippen LogP contribution in [0, 0.1) is 34.6 Å². The van der Waals surface area contributed by atoms with Gasteiger partial charge in [0, 0.05) is 24.5 Å². The average Bonchev–Trinajstić information content (AvgIpc) is 2.64. The molecule has 0 radical (unpaired) electrons. The Labute approximate surface area is 120 Å².